The first kappa shape index (κ1) is 11.2. The van der Waals surface area contributed by atoms with Crippen molar-refractivity contribution in [2.45, 2.75) is 13.8 Å². The maximum absolute atomic E-state index is 8.91. The van der Waals surface area contributed by atoms with E-state index in [0.29, 0.717) is 11.4 Å². The van der Waals surface area contributed by atoms with E-state index in [2.05, 4.69) is 11.1 Å². The molecule has 17 heavy (non-hydrogen) atoms. The zero-order valence-corrected chi connectivity index (χ0v) is 9.77. The summed E-state index contributed by atoms with van der Waals surface area (Å²) in [7, 11) is 0. The number of nitriles is 1. The Morgan fingerprint density at radius 1 is 1.18 bits per heavy atom. The molecule has 0 aliphatic rings. The highest BCUT2D eigenvalue weighted by Gasteiger charge is 2.05. The molecule has 1 aromatic carbocycles. The monoisotopic (exact) mass is 224 g/mol. The molecule has 0 fully saturated rings. The fourth-order valence-electron chi connectivity index (χ4n) is 1.68. The van der Waals surface area contributed by atoms with Crippen LogP contribution in [0.1, 0.15) is 16.8 Å². The average Bonchev–Trinajstić information content (AvgIpc) is 2.28. The SMILES string of the molecule is Cc1cc(C)cc(Oc2cccnc2C#N)c1. The number of pyridine rings is 1. The Bertz CT molecular complexity index is 565. The largest absolute Gasteiger partial charge is 0.454 e. The Morgan fingerprint density at radius 2 is 1.88 bits per heavy atom. The van der Waals surface area contributed by atoms with E-state index in [1.807, 2.05) is 32.0 Å². The van der Waals surface area contributed by atoms with Crippen LogP contribution in [0, 0.1) is 25.2 Å². The van der Waals surface area contributed by atoms with Crippen molar-refractivity contribution in [1.29, 1.82) is 5.26 Å². The minimum Gasteiger partial charge on any atom is -0.454 e. The molecule has 1 heterocycles. The first-order valence-electron chi connectivity index (χ1n) is 5.30. The first-order chi connectivity index (χ1) is 8.19. The summed E-state index contributed by atoms with van der Waals surface area (Å²) in [5, 5.41) is 8.91. The van der Waals surface area contributed by atoms with Gasteiger partial charge in [-0.2, -0.15) is 5.26 Å². The van der Waals surface area contributed by atoms with Gasteiger partial charge in [0.05, 0.1) is 0 Å². The van der Waals surface area contributed by atoms with Gasteiger partial charge in [-0.25, -0.2) is 4.98 Å². The molecule has 0 aliphatic heterocycles. The van der Waals surface area contributed by atoms with Crippen molar-refractivity contribution < 1.29 is 4.74 Å². The molecule has 0 unspecified atom stereocenters. The van der Waals surface area contributed by atoms with Gasteiger partial charge < -0.3 is 4.74 Å². The predicted molar refractivity (Wildman–Crippen MR) is 64.9 cm³/mol. The van der Waals surface area contributed by atoms with Crippen LogP contribution in [0.25, 0.3) is 0 Å². The van der Waals surface area contributed by atoms with Crippen molar-refractivity contribution in [3.63, 3.8) is 0 Å². The number of nitrogens with zero attached hydrogens (tertiary/aromatic N) is 2. The van der Waals surface area contributed by atoms with E-state index >= 15 is 0 Å². The lowest BCUT2D eigenvalue weighted by Gasteiger charge is -2.08. The van der Waals surface area contributed by atoms with E-state index in [4.69, 9.17) is 10.00 Å². The van der Waals surface area contributed by atoms with E-state index in [1.54, 1.807) is 18.3 Å². The third-order valence-electron chi connectivity index (χ3n) is 2.30. The van der Waals surface area contributed by atoms with E-state index < -0.39 is 0 Å². The van der Waals surface area contributed by atoms with Crippen molar-refractivity contribution in [2.75, 3.05) is 0 Å². The third-order valence-corrected chi connectivity index (χ3v) is 2.30. The van der Waals surface area contributed by atoms with Gasteiger partial charge in [-0.05, 0) is 49.2 Å². The van der Waals surface area contributed by atoms with Crippen LogP contribution in [0.2, 0.25) is 0 Å². The Morgan fingerprint density at radius 3 is 2.53 bits per heavy atom. The van der Waals surface area contributed by atoms with Crippen molar-refractivity contribution in [1.82, 2.24) is 4.98 Å². The summed E-state index contributed by atoms with van der Waals surface area (Å²) in [5.74, 6) is 1.21. The van der Waals surface area contributed by atoms with Gasteiger partial charge in [0.15, 0.2) is 11.4 Å². The molecule has 0 spiro atoms. The minimum absolute atomic E-state index is 0.298. The molecule has 0 N–H and O–H groups in total. The highest BCUT2D eigenvalue weighted by atomic mass is 16.5. The summed E-state index contributed by atoms with van der Waals surface area (Å²) in [5.41, 5.74) is 2.55. The fourth-order valence-corrected chi connectivity index (χ4v) is 1.68. The summed E-state index contributed by atoms with van der Waals surface area (Å²) in [6, 6.07) is 11.4. The Kier molecular flexibility index (Phi) is 3.06. The van der Waals surface area contributed by atoms with Crippen molar-refractivity contribution in [3.8, 4) is 17.6 Å². The second kappa shape index (κ2) is 4.67. The van der Waals surface area contributed by atoms with Crippen molar-refractivity contribution >= 4 is 0 Å². The number of ether oxygens (including phenoxy) is 1. The van der Waals surface area contributed by atoms with E-state index in [-0.39, 0.29) is 0 Å². The molecule has 0 bridgehead atoms. The van der Waals surface area contributed by atoms with Gasteiger partial charge in [-0.15, -0.1) is 0 Å². The van der Waals surface area contributed by atoms with Crippen LogP contribution in [-0.2, 0) is 0 Å². The number of aryl methyl sites for hydroxylation is 2. The number of aromatic nitrogens is 1. The average molecular weight is 224 g/mol. The first-order valence-corrected chi connectivity index (χ1v) is 5.30. The van der Waals surface area contributed by atoms with Gasteiger partial charge in [0, 0.05) is 6.20 Å². The standard InChI is InChI=1S/C14H12N2O/c1-10-6-11(2)8-12(7-10)17-14-4-3-5-16-13(14)9-15/h3-8H,1-2H3. The molecule has 3 nitrogen and oxygen atoms in total. The Hall–Kier alpha value is -2.34. The zero-order valence-electron chi connectivity index (χ0n) is 9.77. The van der Waals surface area contributed by atoms with Crippen LogP contribution in [0.5, 0.6) is 11.5 Å². The number of hydrogen-bond donors (Lipinski definition) is 0. The maximum Gasteiger partial charge on any atom is 0.183 e. The van der Waals surface area contributed by atoms with Gasteiger partial charge in [0.2, 0.25) is 0 Å². The molecule has 0 atom stereocenters. The summed E-state index contributed by atoms with van der Waals surface area (Å²) in [4.78, 5) is 3.95. The van der Waals surface area contributed by atoms with Crippen LogP contribution in [0.15, 0.2) is 36.5 Å². The van der Waals surface area contributed by atoms with Crippen LogP contribution in [-0.4, -0.2) is 4.98 Å². The normalized spacial score (nSPS) is 9.71. The van der Waals surface area contributed by atoms with Gasteiger partial charge in [-0.1, -0.05) is 6.07 Å². The number of hydrogen-bond acceptors (Lipinski definition) is 3. The molecule has 84 valence electrons. The lowest BCUT2D eigenvalue weighted by atomic mass is 10.1. The van der Waals surface area contributed by atoms with Gasteiger partial charge in [0.1, 0.15) is 11.8 Å². The van der Waals surface area contributed by atoms with Gasteiger partial charge in [0.25, 0.3) is 0 Å². The smallest absolute Gasteiger partial charge is 0.183 e. The van der Waals surface area contributed by atoms with E-state index in [1.165, 1.54) is 0 Å². The molecular weight excluding hydrogens is 212 g/mol. The molecular formula is C14H12N2O. The third kappa shape index (κ3) is 2.61. The molecule has 0 radical (unpaired) electrons. The molecule has 0 amide bonds. The predicted octanol–water partition coefficient (Wildman–Crippen LogP) is 3.36. The summed E-state index contributed by atoms with van der Waals surface area (Å²) in [6.07, 6.45) is 1.58. The molecule has 3 heteroatoms. The second-order valence-corrected chi connectivity index (χ2v) is 3.89. The van der Waals surface area contributed by atoms with Gasteiger partial charge in [-0.3, -0.25) is 0 Å². The van der Waals surface area contributed by atoms with Crippen molar-refractivity contribution in [2.24, 2.45) is 0 Å². The molecule has 2 aromatic rings. The van der Waals surface area contributed by atoms with Crippen LogP contribution < -0.4 is 4.74 Å². The summed E-state index contributed by atoms with van der Waals surface area (Å²) < 4.78 is 5.68. The molecule has 1 aromatic heterocycles. The zero-order chi connectivity index (χ0) is 12.3. The molecule has 2 rings (SSSR count). The van der Waals surface area contributed by atoms with Gasteiger partial charge >= 0.3 is 0 Å². The van der Waals surface area contributed by atoms with E-state index in [0.717, 1.165) is 16.9 Å². The fraction of sp³-hybridized carbons (Fsp3) is 0.143. The highest BCUT2D eigenvalue weighted by molar-refractivity contribution is 5.42. The topological polar surface area (TPSA) is 45.9 Å². The minimum atomic E-state index is 0.298. The number of rotatable bonds is 2. The molecule has 0 aliphatic carbocycles. The van der Waals surface area contributed by atoms with Crippen LogP contribution in [0.4, 0.5) is 0 Å². The summed E-state index contributed by atoms with van der Waals surface area (Å²) >= 11 is 0. The lowest BCUT2D eigenvalue weighted by Crippen LogP contribution is -1.91. The Balaban J connectivity index is 2.35. The quantitative estimate of drug-likeness (QED) is 0.785. The second-order valence-electron chi connectivity index (χ2n) is 3.89. The van der Waals surface area contributed by atoms with Crippen molar-refractivity contribution in [3.05, 3.63) is 53.3 Å². The van der Waals surface area contributed by atoms with E-state index in [9.17, 15) is 0 Å². The summed E-state index contributed by atoms with van der Waals surface area (Å²) in [6.45, 7) is 4.02. The number of benzene rings is 1. The Labute approximate surface area is 100 Å². The molecule has 0 saturated heterocycles. The molecule has 0 saturated carbocycles. The van der Waals surface area contributed by atoms with Crippen LogP contribution >= 0.6 is 0 Å². The maximum atomic E-state index is 8.91. The highest BCUT2D eigenvalue weighted by Crippen LogP contribution is 2.25. The lowest BCUT2D eigenvalue weighted by molar-refractivity contribution is 0.477. The van der Waals surface area contributed by atoms with Crippen LogP contribution in [0.3, 0.4) is 0 Å².